The molecule has 27 heavy (non-hydrogen) atoms. The zero-order valence-electron chi connectivity index (χ0n) is 15.1. The van der Waals surface area contributed by atoms with Gasteiger partial charge < -0.3 is 10.1 Å². The molecule has 0 aliphatic rings. The summed E-state index contributed by atoms with van der Waals surface area (Å²) in [7, 11) is 0. The average molecular weight is 360 g/mol. The van der Waals surface area contributed by atoms with Crippen LogP contribution in [0.25, 0.3) is 22.2 Å². The van der Waals surface area contributed by atoms with Crippen LogP contribution in [0.2, 0.25) is 0 Å². The fraction of sp³-hybridized carbons (Fsp3) is 0.136. The SMILES string of the molecule is C=CCNC(=O)COC(=O)c1c(C)c(-c2ccccc2)nc2ccccc12. The molecule has 2 aromatic carbocycles. The number of hydrogen-bond donors (Lipinski definition) is 1. The summed E-state index contributed by atoms with van der Waals surface area (Å²) in [6.45, 7) is 5.36. The van der Waals surface area contributed by atoms with E-state index in [1.54, 1.807) is 6.08 Å². The van der Waals surface area contributed by atoms with Crippen molar-refractivity contribution in [1.29, 1.82) is 0 Å². The molecule has 0 saturated carbocycles. The summed E-state index contributed by atoms with van der Waals surface area (Å²) >= 11 is 0. The average Bonchev–Trinajstić information content (AvgIpc) is 2.70. The second-order valence-electron chi connectivity index (χ2n) is 6.01. The van der Waals surface area contributed by atoms with Crippen molar-refractivity contribution in [3.8, 4) is 11.3 Å². The Hall–Kier alpha value is -3.47. The van der Waals surface area contributed by atoms with E-state index >= 15 is 0 Å². The first kappa shape index (κ1) is 18.3. The van der Waals surface area contributed by atoms with Crippen molar-refractivity contribution in [2.24, 2.45) is 0 Å². The Bertz CT molecular complexity index is 997. The third kappa shape index (κ3) is 4.03. The molecular weight excluding hydrogens is 340 g/mol. The number of esters is 1. The minimum atomic E-state index is -0.544. The number of fused-ring (bicyclic) bond motifs is 1. The van der Waals surface area contributed by atoms with Crippen LogP contribution in [0.4, 0.5) is 0 Å². The lowest BCUT2D eigenvalue weighted by molar-refractivity contribution is -0.124. The van der Waals surface area contributed by atoms with Crippen molar-refractivity contribution in [1.82, 2.24) is 10.3 Å². The smallest absolute Gasteiger partial charge is 0.339 e. The van der Waals surface area contributed by atoms with E-state index in [0.29, 0.717) is 23.0 Å². The third-order valence-electron chi connectivity index (χ3n) is 4.17. The monoisotopic (exact) mass is 360 g/mol. The fourth-order valence-electron chi connectivity index (χ4n) is 2.89. The number of nitrogens with one attached hydrogen (secondary N) is 1. The number of para-hydroxylation sites is 1. The predicted molar refractivity (Wildman–Crippen MR) is 105 cm³/mol. The third-order valence-corrected chi connectivity index (χ3v) is 4.17. The van der Waals surface area contributed by atoms with Crippen LogP contribution in [0, 0.1) is 6.92 Å². The fourth-order valence-corrected chi connectivity index (χ4v) is 2.89. The summed E-state index contributed by atoms with van der Waals surface area (Å²) in [4.78, 5) is 29.2. The maximum atomic E-state index is 12.8. The number of benzene rings is 2. The highest BCUT2D eigenvalue weighted by molar-refractivity contribution is 6.06. The van der Waals surface area contributed by atoms with Crippen molar-refractivity contribution in [3.05, 3.63) is 78.4 Å². The van der Waals surface area contributed by atoms with Crippen LogP contribution in [0.3, 0.4) is 0 Å². The van der Waals surface area contributed by atoms with Crippen LogP contribution >= 0.6 is 0 Å². The lowest BCUT2D eigenvalue weighted by atomic mass is 9.98. The maximum Gasteiger partial charge on any atom is 0.339 e. The van der Waals surface area contributed by atoms with Gasteiger partial charge in [-0.05, 0) is 18.6 Å². The molecule has 0 aliphatic carbocycles. The topological polar surface area (TPSA) is 68.3 Å². The number of carbonyl (C=O) groups excluding carboxylic acids is 2. The highest BCUT2D eigenvalue weighted by Crippen LogP contribution is 2.30. The van der Waals surface area contributed by atoms with Gasteiger partial charge in [-0.25, -0.2) is 9.78 Å². The van der Waals surface area contributed by atoms with E-state index in [0.717, 1.165) is 16.8 Å². The van der Waals surface area contributed by atoms with Crippen LogP contribution in [-0.2, 0) is 9.53 Å². The second kappa shape index (κ2) is 8.27. The Kier molecular flexibility index (Phi) is 5.61. The number of amides is 1. The first-order valence-electron chi connectivity index (χ1n) is 8.61. The normalized spacial score (nSPS) is 10.4. The van der Waals surface area contributed by atoms with Gasteiger partial charge >= 0.3 is 5.97 Å². The molecule has 0 unspecified atom stereocenters. The molecule has 1 aromatic heterocycles. The molecule has 1 N–H and O–H groups in total. The molecule has 3 rings (SSSR count). The van der Waals surface area contributed by atoms with Crippen molar-refractivity contribution in [2.45, 2.75) is 6.92 Å². The molecule has 0 atom stereocenters. The summed E-state index contributed by atoms with van der Waals surface area (Å²) in [5.74, 6) is -0.917. The van der Waals surface area contributed by atoms with Crippen molar-refractivity contribution < 1.29 is 14.3 Å². The van der Waals surface area contributed by atoms with E-state index < -0.39 is 5.97 Å². The minimum Gasteiger partial charge on any atom is -0.452 e. The summed E-state index contributed by atoms with van der Waals surface area (Å²) < 4.78 is 5.25. The summed E-state index contributed by atoms with van der Waals surface area (Å²) in [5.41, 5.74) is 3.48. The Labute approximate surface area is 157 Å². The number of pyridine rings is 1. The molecule has 0 fully saturated rings. The first-order chi connectivity index (χ1) is 13.1. The van der Waals surface area contributed by atoms with Gasteiger partial charge in [0.15, 0.2) is 6.61 Å². The quantitative estimate of drug-likeness (QED) is 0.538. The highest BCUT2D eigenvalue weighted by Gasteiger charge is 2.20. The van der Waals surface area contributed by atoms with Crippen LogP contribution < -0.4 is 5.32 Å². The zero-order valence-corrected chi connectivity index (χ0v) is 15.1. The number of rotatable bonds is 6. The molecule has 0 radical (unpaired) electrons. The molecule has 136 valence electrons. The Morgan fingerprint density at radius 1 is 1.11 bits per heavy atom. The zero-order chi connectivity index (χ0) is 19.2. The standard InChI is InChI=1S/C22H20N2O3/c1-3-13-23-19(25)14-27-22(26)20-15(2)21(16-9-5-4-6-10-16)24-18-12-8-7-11-17(18)20/h3-12H,1,13-14H2,2H3,(H,23,25). The molecule has 3 aromatic rings. The van der Waals surface area contributed by atoms with Gasteiger partial charge in [-0.15, -0.1) is 6.58 Å². The summed E-state index contributed by atoms with van der Waals surface area (Å²) in [6, 6.07) is 17.1. The van der Waals surface area contributed by atoms with E-state index in [-0.39, 0.29) is 12.5 Å². The number of hydrogen-bond acceptors (Lipinski definition) is 4. The molecule has 1 amide bonds. The van der Waals surface area contributed by atoms with Crippen LogP contribution in [0.1, 0.15) is 15.9 Å². The molecule has 0 aliphatic heterocycles. The number of aromatic nitrogens is 1. The van der Waals surface area contributed by atoms with Gasteiger partial charge in [-0.3, -0.25) is 4.79 Å². The lowest BCUT2D eigenvalue weighted by Gasteiger charge is -2.14. The van der Waals surface area contributed by atoms with Gasteiger partial charge in [0.05, 0.1) is 16.8 Å². The molecule has 5 heteroatoms. The van der Waals surface area contributed by atoms with Gasteiger partial charge in [0.1, 0.15) is 0 Å². The lowest BCUT2D eigenvalue weighted by Crippen LogP contribution is -2.29. The minimum absolute atomic E-state index is 0.325. The van der Waals surface area contributed by atoms with Gasteiger partial charge in [0, 0.05) is 17.5 Å². The van der Waals surface area contributed by atoms with E-state index in [1.807, 2.05) is 61.5 Å². The van der Waals surface area contributed by atoms with E-state index in [9.17, 15) is 9.59 Å². The Balaban J connectivity index is 2.00. The Morgan fingerprint density at radius 3 is 2.56 bits per heavy atom. The van der Waals surface area contributed by atoms with Crippen LogP contribution in [-0.4, -0.2) is 30.0 Å². The molecule has 5 nitrogen and oxygen atoms in total. The predicted octanol–water partition coefficient (Wildman–Crippen LogP) is 3.67. The number of ether oxygens (including phenoxy) is 1. The van der Waals surface area contributed by atoms with Crippen LogP contribution in [0.15, 0.2) is 67.3 Å². The largest absolute Gasteiger partial charge is 0.452 e. The molecular formula is C22H20N2O3. The van der Waals surface area contributed by atoms with Crippen molar-refractivity contribution in [2.75, 3.05) is 13.2 Å². The van der Waals surface area contributed by atoms with E-state index in [2.05, 4.69) is 11.9 Å². The molecule has 1 heterocycles. The maximum absolute atomic E-state index is 12.8. The van der Waals surface area contributed by atoms with E-state index in [1.165, 1.54) is 0 Å². The molecule has 0 spiro atoms. The summed E-state index contributed by atoms with van der Waals surface area (Å²) in [5, 5.41) is 3.28. The second-order valence-corrected chi connectivity index (χ2v) is 6.01. The Morgan fingerprint density at radius 2 is 1.81 bits per heavy atom. The first-order valence-corrected chi connectivity index (χ1v) is 8.61. The summed E-state index contributed by atoms with van der Waals surface area (Å²) in [6.07, 6.45) is 1.56. The van der Waals surface area contributed by atoms with Crippen molar-refractivity contribution >= 4 is 22.8 Å². The molecule has 0 saturated heterocycles. The number of carbonyl (C=O) groups is 2. The highest BCUT2D eigenvalue weighted by atomic mass is 16.5. The van der Waals surface area contributed by atoms with Gasteiger partial charge in [0.25, 0.3) is 5.91 Å². The van der Waals surface area contributed by atoms with Gasteiger partial charge in [0.2, 0.25) is 0 Å². The van der Waals surface area contributed by atoms with E-state index in [4.69, 9.17) is 9.72 Å². The van der Waals surface area contributed by atoms with Gasteiger partial charge in [-0.2, -0.15) is 0 Å². The van der Waals surface area contributed by atoms with Crippen LogP contribution in [0.5, 0.6) is 0 Å². The van der Waals surface area contributed by atoms with Crippen molar-refractivity contribution in [3.63, 3.8) is 0 Å². The molecule has 0 bridgehead atoms. The number of nitrogens with zero attached hydrogens (tertiary/aromatic N) is 1. The van der Waals surface area contributed by atoms with Gasteiger partial charge in [-0.1, -0.05) is 54.6 Å².